The van der Waals surface area contributed by atoms with Crippen molar-refractivity contribution in [2.75, 3.05) is 19.0 Å². The normalized spacial score (nSPS) is 17.8. The van der Waals surface area contributed by atoms with E-state index in [9.17, 15) is 14.7 Å². The standard InChI is InChI=1S/C26H29N5O4/c1-35-23-9-6-19(15-28-23)21(14-24(32)33)31-12-11-30-16-17(13-22(30)26(31)34)4-7-20-8-5-18-3-2-10-27-25(18)29-20/h2-3,6,9-10,13,15-16,20-21H,4-5,7-8,11-12,14H2,1H3,(H,27,29)(H,32,33)/t20?,21-/m0/s1. The summed E-state index contributed by atoms with van der Waals surface area (Å²) in [7, 11) is 1.52. The minimum absolute atomic E-state index is 0.154. The average molecular weight is 476 g/mol. The number of carboxylic acids is 1. The number of ether oxygens (including phenoxy) is 1. The van der Waals surface area contributed by atoms with Crippen molar-refractivity contribution >= 4 is 17.7 Å². The van der Waals surface area contributed by atoms with E-state index < -0.39 is 12.0 Å². The number of hydrogen-bond acceptors (Lipinski definition) is 6. The van der Waals surface area contributed by atoms with E-state index in [2.05, 4.69) is 27.5 Å². The van der Waals surface area contributed by atoms with Gasteiger partial charge in [0, 0.05) is 43.8 Å². The van der Waals surface area contributed by atoms with Crippen molar-refractivity contribution in [2.24, 2.45) is 0 Å². The van der Waals surface area contributed by atoms with Crippen LogP contribution in [-0.2, 0) is 24.2 Å². The first kappa shape index (κ1) is 22.9. The molecule has 3 aromatic rings. The van der Waals surface area contributed by atoms with E-state index in [4.69, 9.17) is 4.74 Å². The smallest absolute Gasteiger partial charge is 0.305 e. The number of hydrogen-bond donors (Lipinski definition) is 2. The highest BCUT2D eigenvalue weighted by Crippen LogP contribution is 2.30. The summed E-state index contributed by atoms with van der Waals surface area (Å²) in [4.78, 5) is 35.4. The van der Waals surface area contributed by atoms with Crippen LogP contribution in [0.3, 0.4) is 0 Å². The van der Waals surface area contributed by atoms with E-state index in [1.807, 2.05) is 22.9 Å². The van der Waals surface area contributed by atoms with Gasteiger partial charge in [0.1, 0.15) is 11.5 Å². The van der Waals surface area contributed by atoms with Gasteiger partial charge in [0.2, 0.25) is 5.88 Å². The first-order valence-electron chi connectivity index (χ1n) is 11.9. The van der Waals surface area contributed by atoms with Gasteiger partial charge in [0.15, 0.2) is 0 Å². The van der Waals surface area contributed by atoms with Crippen molar-refractivity contribution < 1.29 is 19.4 Å². The van der Waals surface area contributed by atoms with E-state index >= 15 is 0 Å². The molecule has 182 valence electrons. The third-order valence-corrected chi connectivity index (χ3v) is 6.89. The van der Waals surface area contributed by atoms with E-state index in [0.29, 0.717) is 36.3 Å². The molecule has 0 aliphatic carbocycles. The number of anilines is 1. The highest BCUT2D eigenvalue weighted by molar-refractivity contribution is 5.94. The Kier molecular flexibility index (Phi) is 6.39. The lowest BCUT2D eigenvalue weighted by Gasteiger charge is -2.34. The molecule has 35 heavy (non-hydrogen) atoms. The summed E-state index contributed by atoms with van der Waals surface area (Å²) in [5, 5.41) is 13.1. The number of amides is 1. The fourth-order valence-corrected chi connectivity index (χ4v) is 5.04. The van der Waals surface area contributed by atoms with Gasteiger partial charge >= 0.3 is 5.97 Å². The summed E-state index contributed by atoms with van der Waals surface area (Å²) in [6.45, 7) is 1.07. The first-order chi connectivity index (χ1) is 17.0. The number of carbonyl (C=O) groups is 2. The number of methoxy groups -OCH3 is 1. The lowest BCUT2D eigenvalue weighted by atomic mass is 9.96. The predicted octanol–water partition coefficient (Wildman–Crippen LogP) is 3.32. The van der Waals surface area contributed by atoms with Gasteiger partial charge in [-0.05, 0) is 54.5 Å². The Hall–Kier alpha value is -3.88. The van der Waals surface area contributed by atoms with Crippen LogP contribution < -0.4 is 10.1 Å². The van der Waals surface area contributed by atoms with Crippen LogP contribution in [0.1, 0.15) is 52.5 Å². The fourth-order valence-electron chi connectivity index (χ4n) is 5.04. The molecule has 0 saturated carbocycles. The second kappa shape index (κ2) is 9.77. The number of carbonyl (C=O) groups excluding carboxylic acids is 1. The van der Waals surface area contributed by atoms with Crippen molar-refractivity contribution in [3.63, 3.8) is 0 Å². The number of rotatable bonds is 8. The Bertz CT molecular complexity index is 1220. The summed E-state index contributed by atoms with van der Waals surface area (Å²) in [5.41, 5.74) is 3.66. The molecule has 0 aromatic carbocycles. The zero-order valence-corrected chi connectivity index (χ0v) is 19.7. The van der Waals surface area contributed by atoms with Crippen LogP contribution in [0.25, 0.3) is 0 Å². The van der Waals surface area contributed by atoms with Crippen LogP contribution >= 0.6 is 0 Å². The molecular formula is C26H29N5O4. The number of carboxylic acid groups (broad SMARTS) is 1. The maximum Gasteiger partial charge on any atom is 0.305 e. The molecule has 5 heterocycles. The van der Waals surface area contributed by atoms with E-state index in [1.165, 1.54) is 12.7 Å². The van der Waals surface area contributed by atoms with Crippen molar-refractivity contribution in [3.05, 3.63) is 71.3 Å². The molecule has 1 unspecified atom stereocenters. The molecule has 0 fully saturated rings. The minimum atomic E-state index is -0.962. The molecule has 1 amide bonds. The number of aromatic nitrogens is 3. The van der Waals surface area contributed by atoms with E-state index in [1.54, 1.807) is 23.2 Å². The summed E-state index contributed by atoms with van der Waals surface area (Å²) in [6, 6.07) is 9.26. The van der Waals surface area contributed by atoms with Gasteiger partial charge in [-0.2, -0.15) is 0 Å². The van der Waals surface area contributed by atoms with Gasteiger partial charge in [0.05, 0.1) is 19.6 Å². The van der Waals surface area contributed by atoms with Crippen molar-refractivity contribution in [1.82, 2.24) is 19.4 Å². The van der Waals surface area contributed by atoms with Crippen LogP contribution in [0.5, 0.6) is 5.88 Å². The number of nitrogens with zero attached hydrogens (tertiary/aromatic N) is 4. The SMILES string of the molecule is COc1ccc([C@H](CC(=O)O)N2CCn3cc(CCC4CCc5cccnc5N4)cc3C2=O)cn1. The Morgan fingerprint density at radius 3 is 2.94 bits per heavy atom. The number of pyridine rings is 2. The Labute approximate surface area is 203 Å². The van der Waals surface area contributed by atoms with Crippen LogP contribution in [-0.4, -0.2) is 56.1 Å². The fraction of sp³-hybridized carbons (Fsp3) is 0.385. The monoisotopic (exact) mass is 475 g/mol. The highest BCUT2D eigenvalue weighted by atomic mass is 16.5. The Morgan fingerprint density at radius 2 is 2.17 bits per heavy atom. The quantitative estimate of drug-likeness (QED) is 0.514. The zero-order chi connectivity index (χ0) is 24.4. The van der Waals surface area contributed by atoms with Gasteiger partial charge in [0.25, 0.3) is 5.91 Å². The molecule has 0 spiro atoms. The van der Waals surface area contributed by atoms with Crippen molar-refractivity contribution in [1.29, 1.82) is 0 Å². The maximum atomic E-state index is 13.4. The summed E-state index contributed by atoms with van der Waals surface area (Å²) >= 11 is 0. The summed E-state index contributed by atoms with van der Waals surface area (Å²) in [5.74, 6) is 0.302. The zero-order valence-electron chi connectivity index (χ0n) is 19.7. The second-order valence-corrected chi connectivity index (χ2v) is 9.10. The molecule has 0 bridgehead atoms. The molecule has 3 aromatic heterocycles. The predicted molar refractivity (Wildman–Crippen MR) is 130 cm³/mol. The molecular weight excluding hydrogens is 446 g/mol. The Morgan fingerprint density at radius 1 is 1.29 bits per heavy atom. The van der Waals surface area contributed by atoms with Crippen LogP contribution in [0.15, 0.2) is 48.9 Å². The van der Waals surface area contributed by atoms with Gasteiger partial charge in [-0.25, -0.2) is 9.97 Å². The third-order valence-electron chi connectivity index (χ3n) is 6.89. The first-order valence-corrected chi connectivity index (χ1v) is 11.9. The third kappa shape index (κ3) is 4.84. The molecule has 0 saturated heterocycles. The van der Waals surface area contributed by atoms with Gasteiger partial charge < -0.3 is 24.6 Å². The molecule has 9 heteroatoms. The molecule has 2 aliphatic heterocycles. The molecule has 5 rings (SSSR count). The van der Waals surface area contributed by atoms with Crippen molar-refractivity contribution in [2.45, 2.75) is 50.7 Å². The summed E-state index contributed by atoms with van der Waals surface area (Å²) < 4.78 is 7.10. The van der Waals surface area contributed by atoms with E-state index in [0.717, 1.165) is 37.1 Å². The van der Waals surface area contributed by atoms with E-state index in [-0.39, 0.29) is 12.3 Å². The molecule has 2 aliphatic rings. The topological polar surface area (TPSA) is 110 Å². The molecule has 2 atom stereocenters. The van der Waals surface area contributed by atoms with Gasteiger partial charge in [-0.15, -0.1) is 0 Å². The minimum Gasteiger partial charge on any atom is -0.481 e. The lowest BCUT2D eigenvalue weighted by molar-refractivity contribution is -0.138. The number of aliphatic carboxylic acids is 1. The summed E-state index contributed by atoms with van der Waals surface area (Å²) in [6.07, 6.45) is 9.16. The Balaban J connectivity index is 1.28. The average Bonchev–Trinajstić information content (AvgIpc) is 3.30. The largest absolute Gasteiger partial charge is 0.481 e. The molecule has 9 nitrogen and oxygen atoms in total. The molecule has 0 radical (unpaired) electrons. The lowest BCUT2D eigenvalue weighted by Crippen LogP contribution is -2.43. The van der Waals surface area contributed by atoms with Crippen LogP contribution in [0.4, 0.5) is 5.82 Å². The number of nitrogens with one attached hydrogen (secondary N) is 1. The highest BCUT2D eigenvalue weighted by Gasteiger charge is 2.33. The van der Waals surface area contributed by atoms with Gasteiger partial charge in [-0.3, -0.25) is 9.59 Å². The van der Waals surface area contributed by atoms with Crippen LogP contribution in [0.2, 0.25) is 0 Å². The molecule has 2 N–H and O–H groups in total. The maximum absolute atomic E-state index is 13.4. The van der Waals surface area contributed by atoms with Gasteiger partial charge in [-0.1, -0.05) is 12.1 Å². The second-order valence-electron chi connectivity index (χ2n) is 9.10. The number of aryl methyl sites for hydroxylation is 2. The van der Waals surface area contributed by atoms with Crippen molar-refractivity contribution in [3.8, 4) is 5.88 Å². The number of fused-ring (bicyclic) bond motifs is 2. The van der Waals surface area contributed by atoms with Crippen LogP contribution in [0, 0.1) is 0 Å².